The van der Waals surface area contributed by atoms with Crippen LogP contribution in [0.5, 0.6) is 5.75 Å². The van der Waals surface area contributed by atoms with Crippen molar-refractivity contribution in [3.8, 4) is 17.0 Å². The lowest BCUT2D eigenvalue weighted by molar-refractivity contribution is 0.102. The molecule has 0 radical (unpaired) electrons. The fraction of sp³-hybridized carbons (Fsp3) is 0.136. The van der Waals surface area contributed by atoms with E-state index in [1.54, 1.807) is 24.4 Å². The van der Waals surface area contributed by atoms with Crippen molar-refractivity contribution in [2.45, 2.75) is 20.5 Å². The predicted molar refractivity (Wildman–Crippen MR) is 109 cm³/mol. The second-order valence-electron chi connectivity index (χ2n) is 6.59. The van der Waals surface area contributed by atoms with E-state index in [-0.39, 0.29) is 12.5 Å². The van der Waals surface area contributed by atoms with Crippen LogP contribution < -0.4 is 10.1 Å². The summed E-state index contributed by atoms with van der Waals surface area (Å²) in [7, 11) is 0. The number of carbonyl (C=O) groups is 1. The van der Waals surface area contributed by atoms with Crippen LogP contribution in [0.4, 0.5) is 5.69 Å². The lowest BCUT2D eigenvalue weighted by Crippen LogP contribution is -2.13. The van der Waals surface area contributed by atoms with E-state index in [0.29, 0.717) is 22.8 Å². The fourth-order valence-electron chi connectivity index (χ4n) is 3.02. The van der Waals surface area contributed by atoms with E-state index in [1.165, 1.54) is 0 Å². The molecule has 0 saturated carbocycles. The molecule has 7 nitrogen and oxygen atoms in total. The molecule has 0 aliphatic heterocycles. The molecule has 0 bridgehead atoms. The van der Waals surface area contributed by atoms with Gasteiger partial charge in [0.15, 0.2) is 0 Å². The first kappa shape index (κ1) is 18.5. The van der Waals surface area contributed by atoms with E-state index in [0.717, 1.165) is 22.5 Å². The fourth-order valence-corrected chi connectivity index (χ4v) is 3.02. The highest BCUT2D eigenvalue weighted by Gasteiger charge is 2.15. The Morgan fingerprint density at radius 1 is 1.14 bits per heavy atom. The molecular weight excluding hydrogens is 368 g/mol. The molecule has 0 aliphatic carbocycles. The molecule has 2 aromatic heterocycles. The maximum atomic E-state index is 12.9. The minimum atomic E-state index is -0.249. The van der Waals surface area contributed by atoms with Gasteiger partial charge >= 0.3 is 0 Å². The van der Waals surface area contributed by atoms with Crippen LogP contribution in [0.2, 0.25) is 0 Å². The Morgan fingerprint density at radius 3 is 2.76 bits per heavy atom. The van der Waals surface area contributed by atoms with Crippen LogP contribution in [0.3, 0.4) is 0 Å². The number of anilines is 1. The minimum Gasteiger partial charge on any atom is -0.488 e. The van der Waals surface area contributed by atoms with E-state index in [9.17, 15) is 4.79 Å². The van der Waals surface area contributed by atoms with Crippen molar-refractivity contribution in [2.75, 3.05) is 5.32 Å². The average molecular weight is 388 g/mol. The highest BCUT2D eigenvalue weighted by molar-refractivity contribution is 6.06. The van der Waals surface area contributed by atoms with Crippen LogP contribution in [0.25, 0.3) is 11.3 Å². The van der Waals surface area contributed by atoms with Gasteiger partial charge in [-0.05, 0) is 44.2 Å². The van der Waals surface area contributed by atoms with Gasteiger partial charge in [-0.1, -0.05) is 29.4 Å². The number of hydrogen-bond acceptors (Lipinski definition) is 5. The lowest BCUT2D eigenvalue weighted by atomic mass is 10.1. The van der Waals surface area contributed by atoms with Gasteiger partial charge in [-0.15, -0.1) is 0 Å². The molecule has 1 amide bonds. The number of H-pyrrole nitrogens is 1. The highest BCUT2D eigenvalue weighted by Crippen LogP contribution is 2.24. The van der Waals surface area contributed by atoms with Crippen LogP contribution in [-0.2, 0) is 6.61 Å². The molecule has 2 aromatic carbocycles. The Balaban J connectivity index is 1.52. The molecule has 0 fully saturated rings. The van der Waals surface area contributed by atoms with Crippen LogP contribution in [0, 0.1) is 13.8 Å². The molecular formula is C22H20N4O3. The standard InChI is InChI=1S/C22H20N4O3/c1-14-19(15(2)29-26-14)13-28-21-9-4-3-8-18(21)22(27)24-17-7-5-6-16(12-17)20-10-11-23-25-20/h3-12H,13H2,1-2H3,(H,23,25)(H,24,27). The monoisotopic (exact) mass is 388 g/mol. The third-order valence-corrected chi connectivity index (χ3v) is 4.62. The number of aryl methyl sites for hydroxylation is 2. The van der Waals surface area contributed by atoms with Crippen LogP contribution in [0.1, 0.15) is 27.4 Å². The maximum absolute atomic E-state index is 12.9. The smallest absolute Gasteiger partial charge is 0.259 e. The SMILES string of the molecule is Cc1noc(C)c1COc1ccccc1C(=O)Nc1cccc(-c2ccn[nH]2)c1. The molecule has 0 aliphatic rings. The lowest BCUT2D eigenvalue weighted by Gasteiger charge is -2.12. The zero-order valence-corrected chi connectivity index (χ0v) is 16.1. The molecule has 4 aromatic rings. The Bertz CT molecular complexity index is 1110. The van der Waals surface area contributed by atoms with Gasteiger partial charge < -0.3 is 14.6 Å². The number of amides is 1. The van der Waals surface area contributed by atoms with E-state index >= 15 is 0 Å². The number of benzene rings is 2. The molecule has 4 rings (SSSR count). The molecule has 0 spiro atoms. The van der Waals surface area contributed by atoms with Crippen molar-refractivity contribution >= 4 is 11.6 Å². The molecule has 146 valence electrons. The number of nitrogens with one attached hydrogen (secondary N) is 2. The largest absolute Gasteiger partial charge is 0.488 e. The van der Waals surface area contributed by atoms with Crippen molar-refractivity contribution in [1.29, 1.82) is 0 Å². The Labute approximate surface area is 167 Å². The quantitative estimate of drug-likeness (QED) is 0.507. The van der Waals surface area contributed by atoms with E-state index in [1.807, 2.05) is 50.2 Å². The first-order chi connectivity index (χ1) is 14.1. The molecule has 0 atom stereocenters. The summed E-state index contributed by atoms with van der Waals surface area (Å²) in [6.45, 7) is 3.98. The van der Waals surface area contributed by atoms with Gasteiger partial charge in [0.2, 0.25) is 0 Å². The van der Waals surface area contributed by atoms with Gasteiger partial charge in [-0.3, -0.25) is 9.89 Å². The van der Waals surface area contributed by atoms with E-state index in [2.05, 4.69) is 20.7 Å². The highest BCUT2D eigenvalue weighted by atomic mass is 16.5. The van der Waals surface area contributed by atoms with Crippen molar-refractivity contribution in [3.63, 3.8) is 0 Å². The minimum absolute atomic E-state index is 0.249. The third-order valence-electron chi connectivity index (χ3n) is 4.62. The second kappa shape index (κ2) is 8.02. The van der Waals surface area contributed by atoms with Crippen molar-refractivity contribution < 1.29 is 14.1 Å². The summed E-state index contributed by atoms with van der Waals surface area (Å²) in [5, 5.41) is 13.7. The number of nitrogens with zero attached hydrogens (tertiary/aromatic N) is 2. The van der Waals surface area contributed by atoms with Gasteiger partial charge in [0.1, 0.15) is 18.1 Å². The number of rotatable bonds is 6. The van der Waals surface area contributed by atoms with Gasteiger partial charge in [-0.2, -0.15) is 5.10 Å². The van der Waals surface area contributed by atoms with Crippen molar-refractivity contribution in [1.82, 2.24) is 15.4 Å². The predicted octanol–water partition coefficient (Wildman–Crippen LogP) is 4.51. The average Bonchev–Trinajstić information content (AvgIpc) is 3.38. The van der Waals surface area contributed by atoms with E-state index in [4.69, 9.17) is 9.26 Å². The molecule has 0 unspecified atom stereocenters. The zero-order valence-electron chi connectivity index (χ0n) is 16.1. The number of carbonyl (C=O) groups excluding carboxylic acids is 1. The summed E-state index contributed by atoms with van der Waals surface area (Å²) in [4.78, 5) is 12.9. The number of ether oxygens (including phenoxy) is 1. The number of aromatic amines is 1. The topological polar surface area (TPSA) is 93.0 Å². The summed E-state index contributed by atoms with van der Waals surface area (Å²) in [5.74, 6) is 0.955. The van der Waals surface area contributed by atoms with Crippen molar-refractivity contribution in [3.05, 3.63) is 83.4 Å². The third kappa shape index (κ3) is 4.03. The molecule has 2 heterocycles. The Morgan fingerprint density at radius 2 is 2.00 bits per heavy atom. The zero-order chi connectivity index (χ0) is 20.2. The number of aromatic nitrogens is 3. The first-order valence-corrected chi connectivity index (χ1v) is 9.16. The van der Waals surface area contributed by atoms with Crippen molar-refractivity contribution in [2.24, 2.45) is 0 Å². The molecule has 29 heavy (non-hydrogen) atoms. The second-order valence-corrected chi connectivity index (χ2v) is 6.59. The summed E-state index contributed by atoms with van der Waals surface area (Å²) in [6, 6.07) is 16.6. The molecule has 2 N–H and O–H groups in total. The summed E-state index contributed by atoms with van der Waals surface area (Å²) < 4.78 is 11.1. The summed E-state index contributed by atoms with van der Waals surface area (Å²) >= 11 is 0. The van der Waals surface area contributed by atoms with Crippen LogP contribution in [0.15, 0.2) is 65.3 Å². The van der Waals surface area contributed by atoms with Crippen LogP contribution >= 0.6 is 0 Å². The summed E-state index contributed by atoms with van der Waals surface area (Å²) in [6.07, 6.45) is 1.69. The van der Waals surface area contributed by atoms with Gasteiger partial charge in [0.25, 0.3) is 5.91 Å². The summed E-state index contributed by atoms with van der Waals surface area (Å²) in [5.41, 5.74) is 4.61. The maximum Gasteiger partial charge on any atom is 0.259 e. The number of para-hydroxylation sites is 1. The van der Waals surface area contributed by atoms with E-state index < -0.39 is 0 Å². The number of hydrogen-bond donors (Lipinski definition) is 2. The Kier molecular flexibility index (Phi) is 5.11. The van der Waals surface area contributed by atoms with Gasteiger partial charge in [0.05, 0.1) is 22.5 Å². The molecule has 7 heteroatoms. The first-order valence-electron chi connectivity index (χ1n) is 9.16. The van der Waals surface area contributed by atoms with Gasteiger partial charge in [0, 0.05) is 17.4 Å². The Hall–Kier alpha value is -3.87. The normalized spacial score (nSPS) is 10.7. The molecule has 0 saturated heterocycles. The van der Waals surface area contributed by atoms with Gasteiger partial charge in [-0.25, -0.2) is 0 Å². The van der Waals surface area contributed by atoms with Crippen LogP contribution in [-0.4, -0.2) is 21.3 Å².